The Labute approximate surface area is 189 Å². The molecule has 0 bridgehead atoms. The number of ether oxygens (including phenoxy) is 1. The summed E-state index contributed by atoms with van der Waals surface area (Å²) in [5.74, 6) is -2.55. The number of carbonyl (C=O) groups is 3. The molecule has 1 aliphatic carbocycles. The summed E-state index contributed by atoms with van der Waals surface area (Å²) in [5, 5.41) is 12.5. The number of nitrogens with one attached hydrogen (secondary N) is 1. The van der Waals surface area contributed by atoms with Crippen molar-refractivity contribution in [2.45, 2.75) is 83.0 Å². The van der Waals surface area contributed by atoms with Crippen LogP contribution in [0.5, 0.6) is 0 Å². The highest BCUT2D eigenvalue weighted by atomic mass is 32.2. The lowest BCUT2D eigenvalue weighted by Gasteiger charge is -2.36. The molecular formula is C21H35N3O7S. The largest absolute Gasteiger partial charge is 0.481 e. The lowest BCUT2D eigenvalue weighted by molar-refractivity contribution is -0.145. The highest BCUT2D eigenvalue weighted by molar-refractivity contribution is 7.88. The number of alkyl carbamates (subject to hydrolysis) is 1. The maximum atomic E-state index is 13.7. The minimum Gasteiger partial charge on any atom is -0.481 e. The highest BCUT2D eigenvalue weighted by Gasteiger charge is 2.56. The first-order valence-electron chi connectivity index (χ1n) is 11.3. The van der Waals surface area contributed by atoms with Crippen molar-refractivity contribution in [2.24, 2.45) is 11.8 Å². The summed E-state index contributed by atoms with van der Waals surface area (Å²) < 4.78 is 31.1. The van der Waals surface area contributed by atoms with Gasteiger partial charge in [-0.3, -0.25) is 9.59 Å². The molecular weight excluding hydrogens is 438 g/mol. The number of amides is 2. The summed E-state index contributed by atoms with van der Waals surface area (Å²) in [5.41, 5.74) is -0.723. The highest BCUT2D eigenvalue weighted by Crippen LogP contribution is 2.38. The molecule has 0 aromatic rings. The zero-order valence-electron chi connectivity index (χ0n) is 19.2. The van der Waals surface area contributed by atoms with Gasteiger partial charge in [0.05, 0.1) is 18.2 Å². The van der Waals surface area contributed by atoms with Crippen LogP contribution in [-0.2, 0) is 24.3 Å². The van der Waals surface area contributed by atoms with E-state index in [9.17, 15) is 27.9 Å². The second-order valence-electron chi connectivity index (χ2n) is 10.2. The lowest BCUT2D eigenvalue weighted by Crippen LogP contribution is -2.56. The third-order valence-electron chi connectivity index (χ3n) is 6.66. The van der Waals surface area contributed by atoms with Gasteiger partial charge in [0.1, 0.15) is 11.6 Å². The number of hydrogen-bond donors (Lipinski definition) is 2. The number of likely N-dealkylation sites (tertiary alicyclic amines) is 1. The molecule has 2 aliphatic heterocycles. The van der Waals surface area contributed by atoms with Gasteiger partial charge in [-0.2, -0.15) is 4.31 Å². The molecule has 182 valence electrons. The molecule has 2 amide bonds. The maximum absolute atomic E-state index is 13.7. The number of hydrogen-bond acceptors (Lipinski definition) is 6. The van der Waals surface area contributed by atoms with Gasteiger partial charge in [0.25, 0.3) is 0 Å². The second kappa shape index (κ2) is 9.17. The van der Waals surface area contributed by atoms with Crippen molar-refractivity contribution in [3.63, 3.8) is 0 Å². The molecule has 4 atom stereocenters. The Hall–Kier alpha value is -1.88. The van der Waals surface area contributed by atoms with Gasteiger partial charge < -0.3 is 20.1 Å². The Balaban J connectivity index is 1.86. The molecule has 3 aliphatic rings. The molecule has 2 heterocycles. The van der Waals surface area contributed by atoms with Crippen LogP contribution in [0.2, 0.25) is 0 Å². The molecule has 0 aromatic heterocycles. The summed E-state index contributed by atoms with van der Waals surface area (Å²) in [7, 11) is -3.61. The van der Waals surface area contributed by atoms with Crippen molar-refractivity contribution in [3.8, 4) is 0 Å². The molecule has 2 N–H and O–H groups in total. The molecule has 10 nitrogen and oxygen atoms in total. The number of fused-ring (bicyclic) bond motifs is 1. The normalized spacial score (nSPS) is 28.2. The van der Waals surface area contributed by atoms with Crippen molar-refractivity contribution < 1.29 is 32.6 Å². The molecule has 0 spiro atoms. The minimum atomic E-state index is -3.61. The molecule has 2 saturated heterocycles. The van der Waals surface area contributed by atoms with Gasteiger partial charge in [-0.05, 0) is 46.0 Å². The molecule has 11 heteroatoms. The minimum absolute atomic E-state index is 0.0708. The molecule has 1 saturated carbocycles. The van der Waals surface area contributed by atoms with Gasteiger partial charge in [-0.15, -0.1) is 0 Å². The SMILES string of the molecule is CC(C)(C)OC(=O)N[C@H](C(=O)N1CC[C@@H]2[C@H]1[C@@H](C(=O)O)CN2S(C)(=O)=O)C1CCCCC1. The Morgan fingerprint density at radius 3 is 2.25 bits per heavy atom. The van der Waals surface area contributed by atoms with E-state index in [-0.39, 0.29) is 24.9 Å². The van der Waals surface area contributed by atoms with Crippen molar-refractivity contribution in [3.05, 3.63) is 0 Å². The Morgan fingerprint density at radius 2 is 1.72 bits per heavy atom. The van der Waals surface area contributed by atoms with E-state index in [2.05, 4.69) is 5.32 Å². The van der Waals surface area contributed by atoms with E-state index in [0.29, 0.717) is 6.42 Å². The van der Waals surface area contributed by atoms with Crippen LogP contribution in [0, 0.1) is 11.8 Å². The summed E-state index contributed by atoms with van der Waals surface area (Å²) in [4.78, 5) is 39.7. The average Bonchev–Trinajstić information content (AvgIpc) is 3.24. The topological polar surface area (TPSA) is 133 Å². The first-order valence-corrected chi connectivity index (χ1v) is 13.1. The third kappa shape index (κ3) is 5.36. The van der Waals surface area contributed by atoms with Crippen LogP contribution in [0.25, 0.3) is 0 Å². The van der Waals surface area contributed by atoms with Crippen LogP contribution in [0.1, 0.15) is 59.3 Å². The molecule has 0 unspecified atom stereocenters. The zero-order chi connectivity index (χ0) is 23.8. The predicted octanol–water partition coefficient (Wildman–Crippen LogP) is 1.41. The Bertz CT molecular complexity index is 848. The van der Waals surface area contributed by atoms with E-state index in [1.807, 2.05) is 0 Å². The fraction of sp³-hybridized carbons (Fsp3) is 0.857. The van der Waals surface area contributed by atoms with Crippen LogP contribution >= 0.6 is 0 Å². The monoisotopic (exact) mass is 473 g/mol. The van der Waals surface area contributed by atoms with E-state index in [4.69, 9.17) is 4.74 Å². The van der Waals surface area contributed by atoms with Gasteiger partial charge >= 0.3 is 12.1 Å². The summed E-state index contributed by atoms with van der Waals surface area (Å²) in [6.07, 6.45) is 5.30. The van der Waals surface area contributed by atoms with Crippen molar-refractivity contribution in [2.75, 3.05) is 19.3 Å². The third-order valence-corrected chi connectivity index (χ3v) is 7.94. The number of aliphatic carboxylic acids is 1. The number of rotatable bonds is 5. The Morgan fingerprint density at radius 1 is 1.09 bits per heavy atom. The number of carboxylic acid groups (broad SMARTS) is 1. The molecule has 0 radical (unpaired) electrons. The first-order chi connectivity index (χ1) is 14.8. The predicted molar refractivity (Wildman–Crippen MR) is 116 cm³/mol. The quantitative estimate of drug-likeness (QED) is 0.617. The fourth-order valence-corrected chi connectivity index (χ4v) is 6.51. The van der Waals surface area contributed by atoms with Crippen molar-refractivity contribution in [1.82, 2.24) is 14.5 Å². The summed E-state index contributed by atoms with van der Waals surface area (Å²) in [6, 6.07) is -2.14. The Kier molecular flexibility index (Phi) is 7.09. The second-order valence-corrected chi connectivity index (χ2v) is 12.1. The fourth-order valence-electron chi connectivity index (χ4n) is 5.36. The summed E-state index contributed by atoms with van der Waals surface area (Å²) in [6.45, 7) is 5.32. The van der Waals surface area contributed by atoms with E-state index >= 15 is 0 Å². The smallest absolute Gasteiger partial charge is 0.408 e. The van der Waals surface area contributed by atoms with Crippen molar-refractivity contribution >= 4 is 28.0 Å². The average molecular weight is 474 g/mol. The van der Waals surface area contributed by atoms with Gasteiger partial charge in [0, 0.05) is 19.1 Å². The lowest BCUT2D eigenvalue weighted by atomic mass is 9.83. The van der Waals surface area contributed by atoms with Gasteiger partial charge in [0.2, 0.25) is 15.9 Å². The number of nitrogens with zero attached hydrogens (tertiary/aromatic N) is 2. The van der Waals surface area contributed by atoms with E-state index in [0.717, 1.165) is 38.4 Å². The van der Waals surface area contributed by atoms with Crippen LogP contribution in [-0.4, -0.2) is 83.8 Å². The van der Waals surface area contributed by atoms with Crippen LogP contribution in [0.15, 0.2) is 0 Å². The van der Waals surface area contributed by atoms with Crippen LogP contribution < -0.4 is 5.32 Å². The van der Waals surface area contributed by atoms with Gasteiger partial charge in [0.15, 0.2) is 0 Å². The summed E-state index contributed by atoms with van der Waals surface area (Å²) >= 11 is 0. The molecule has 3 rings (SSSR count). The van der Waals surface area contributed by atoms with Crippen molar-refractivity contribution in [1.29, 1.82) is 0 Å². The number of carboxylic acids is 1. The van der Waals surface area contributed by atoms with E-state index in [1.54, 1.807) is 20.8 Å². The maximum Gasteiger partial charge on any atom is 0.408 e. The zero-order valence-corrected chi connectivity index (χ0v) is 20.1. The standard InChI is InChI=1S/C21H35N3O7S/c1-21(2,3)31-20(28)22-16(13-8-6-5-7-9-13)18(25)23-11-10-15-17(23)14(19(26)27)12-24(15)32(4,29)30/h13-17H,5-12H2,1-4H3,(H,22,28)(H,26,27)/t14-,15+,16-,17+/m0/s1. The van der Waals surface area contributed by atoms with Gasteiger partial charge in [-0.1, -0.05) is 19.3 Å². The number of carbonyl (C=O) groups excluding carboxylic acids is 2. The van der Waals surface area contributed by atoms with E-state index < -0.39 is 51.7 Å². The van der Waals surface area contributed by atoms with Gasteiger partial charge in [-0.25, -0.2) is 13.2 Å². The van der Waals surface area contributed by atoms with Crippen LogP contribution in [0.3, 0.4) is 0 Å². The van der Waals surface area contributed by atoms with E-state index in [1.165, 1.54) is 9.21 Å². The number of sulfonamides is 1. The molecule has 0 aromatic carbocycles. The molecule has 3 fully saturated rings. The molecule has 32 heavy (non-hydrogen) atoms. The first kappa shape index (κ1) is 24.8. The van der Waals surface area contributed by atoms with Crippen LogP contribution in [0.4, 0.5) is 4.79 Å².